The summed E-state index contributed by atoms with van der Waals surface area (Å²) >= 11 is 0. The molecule has 3 aromatic rings. The van der Waals surface area contributed by atoms with Crippen LogP contribution in [0.25, 0.3) is 10.8 Å². The molecule has 0 saturated carbocycles. The second-order valence-corrected chi connectivity index (χ2v) is 4.30. The largest absolute Gasteiger partial charge is 0.380 e. The maximum absolute atomic E-state index is 5.71. The van der Waals surface area contributed by atoms with E-state index < -0.39 is 0 Å². The van der Waals surface area contributed by atoms with Gasteiger partial charge in [0.1, 0.15) is 0 Å². The molecule has 0 aliphatic heterocycles. The molecule has 104 valence electrons. The Morgan fingerprint density at radius 1 is 1.10 bits per heavy atom. The number of fused-ring (bicyclic) bond motifs is 1. The molecule has 1 heterocycles. The Bertz CT molecular complexity index is 831. The topological polar surface area (TPSA) is 116 Å². The van der Waals surface area contributed by atoms with Gasteiger partial charge in [0.2, 0.25) is 0 Å². The summed E-state index contributed by atoms with van der Waals surface area (Å²) in [5.74, 6) is 0.127. The lowest BCUT2D eigenvalue weighted by atomic mass is 10.1. The van der Waals surface area contributed by atoms with Crippen LogP contribution in [0.5, 0.6) is 0 Å². The normalized spacial score (nSPS) is 12.3. The van der Waals surface area contributed by atoms with Gasteiger partial charge in [-0.1, -0.05) is 42.5 Å². The van der Waals surface area contributed by atoms with Crippen LogP contribution < -0.4 is 11.5 Å². The second kappa shape index (κ2) is 5.41. The number of hydrogen-bond donors (Lipinski definition) is 2. The van der Waals surface area contributed by atoms with Gasteiger partial charge in [-0.2, -0.15) is 5.10 Å². The van der Waals surface area contributed by atoms with E-state index in [0.29, 0.717) is 0 Å². The van der Waals surface area contributed by atoms with Gasteiger partial charge in [0.15, 0.2) is 17.3 Å². The SMILES string of the molecule is N/C(=N/N=C\c1cccc2ccccc12)c1nonc1N. The van der Waals surface area contributed by atoms with E-state index in [1.807, 2.05) is 42.5 Å². The Labute approximate surface area is 119 Å². The van der Waals surface area contributed by atoms with E-state index >= 15 is 0 Å². The Morgan fingerprint density at radius 3 is 2.71 bits per heavy atom. The monoisotopic (exact) mass is 280 g/mol. The first-order valence-corrected chi connectivity index (χ1v) is 6.18. The molecule has 3 rings (SSSR count). The van der Waals surface area contributed by atoms with Crippen LogP contribution in [0.4, 0.5) is 5.82 Å². The van der Waals surface area contributed by atoms with Crippen LogP contribution >= 0.6 is 0 Å². The predicted octanol–water partition coefficient (Wildman–Crippen LogP) is 1.54. The first-order chi connectivity index (χ1) is 10.3. The van der Waals surface area contributed by atoms with Crippen molar-refractivity contribution < 1.29 is 4.63 Å². The molecule has 0 radical (unpaired) electrons. The highest BCUT2D eigenvalue weighted by Gasteiger charge is 2.09. The summed E-state index contributed by atoms with van der Waals surface area (Å²) in [7, 11) is 0. The highest BCUT2D eigenvalue weighted by atomic mass is 16.6. The van der Waals surface area contributed by atoms with Crippen molar-refractivity contribution in [1.29, 1.82) is 0 Å². The molecule has 21 heavy (non-hydrogen) atoms. The van der Waals surface area contributed by atoms with E-state index in [1.165, 1.54) is 0 Å². The third kappa shape index (κ3) is 2.57. The molecule has 4 N–H and O–H groups in total. The Hall–Kier alpha value is -3.22. The van der Waals surface area contributed by atoms with Crippen molar-refractivity contribution in [2.75, 3.05) is 5.73 Å². The van der Waals surface area contributed by atoms with E-state index in [9.17, 15) is 0 Å². The lowest BCUT2D eigenvalue weighted by molar-refractivity contribution is 0.308. The van der Waals surface area contributed by atoms with Gasteiger partial charge in [-0.3, -0.25) is 0 Å². The molecule has 0 unspecified atom stereocenters. The van der Waals surface area contributed by atoms with Gasteiger partial charge in [0, 0.05) is 5.56 Å². The summed E-state index contributed by atoms with van der Waals surface area (Å²) < 4.78 is 4.45. The number of amidine groups is 1. The zero-order valence-electron chi connectivity index (χ0n) is 11.0. The number of hydrogen-bond acceptors (Lipinski definition) is 6. The highest BCUT2D eigenvalue weighted by Crippen LogP contribution is 2.16. The minimum absolute atomic E-state index is 0.0465. The molecule has 0 aliphatic rings. The number of aromatic nitrogens is 2. The van der Waals surface area contributed by atoms with Crippen LogP contribution in [0.2, 0.25) is 0 Å². The van der Waals surface area contributed by atoms with E-state index in [2.05, 4.69) is 25.1 Å². The number of benzene rings is 2. The van der Waals surface area contributed by atoms with Crippen LogP contribution in [0.15, 0.2) is 57.3 Å². The molecule has 1 aromatic heterocycles. The number of anilines is 1. The Balaban J connectivity index is 1.90. The average molecular weight is 280 g/mol. The first kappa shape index (κ1) is 12.8. The molecule has 0 saturated heterocycles. The minimum Gasteiger partial charge on any atom is -0.380 e. The lowest BCUT2D eigenvalue weighted by Crippen LogP contribution is -2.15. The Kier molecular flexibility index (Phi) is 3.30. The molecule has 0 fully saturated rings. The van der Waals surface area contributed by atoms with E-state index in [4.69, 9.17) is 11.5 Å². The van der Waals surface area contributed by atoms with Gasteiger partial charge < -0.3 is 11.5 Å². The summed E-state index contributed by atoms with van der Waals surface area (Å²) in [6.07, 6.45) is 1.62. The van der Waals surface area contributed by atoms with Crippen LogP contribution in [0, 0.1) is 0 Å². The summed E-state index contributed by atoms with van der Waals surface area (Å²) in [4.78, 5) is 0. The molecule has 0 aliphatic carbocycles. The number of rotatable bonds is 3. The zero-order valence-corrected chi connectivity index (χ0v) is 11.0. The molecule has 0 spiro atoms. The molecule has 7 heteroatoms. The quantitative estimate of drug-likeness (QED) is 0.429. The maximum Gasteiger partial charge on any atom is 0.199 e. The fourth-order valence-corrected chi connectivity index (χ4v) is 1.94. The van der Waals surface area contributed by atoms with Crippen molar-refractivity contribution in [3.05, 3.63) is 53.7 Å². The van der Waals surface area contributed by atoms with Gasteiger partial charge in [0.25, 0.3) is 0 Å². The third-order valence-corrected chi connectivity index (χ3v) is 2.94. The molecular weight excluding hydrogens is 268 g/mol. The number of nitrogen functional groups attached to an aromatic ring is 1. The van der Waals surface area contributed by atoms with Crippen molar-refractivity contribution in [2.24, 2.45) is 15.9 Å². The summed E-state index contributed by atoms with van der Waals surface area (Å²) in [6.45, 7) is 0. The smallest absolute Gasteiger partial charge is 0.199 e. The lowest BCUT2D eigenvalue weighted by Gasteiger charge is -2.00. The molecule has 0 atom stereocenters. The minimum atomic E-state index is 0.0465. The van der Waals surface area contributed by atoms with E-state index in [1.54, 1.807) is 6.21 Å². The van der Waals surface area contributed by atoms with Crippen LogP contribution in [-0.4, -0.2) is 22.4 Å². The van der Waals surface area contributed by atoms with Gasteiger partial charge in [-0.25, -0.2) is 4.63 Å². The fourth-order valence-electron chi connectivity index (χ4n) is 1.94. The predicted molar refractivity (Wildman–Crippen MR) is 81.0 cm³/mol. The molecular formula is C14H12N6O. The second-order valence-electron chi connectivity index (χ2n) is 4.30. The number of nitrogens with zero attached hydrogens (tertiary/aromatic N) is 4. The third-order valence-electron chi connectivity index (χ3n) is 2.94. The first-order valence-electron chi connectivity index (χ1n) is 6.18. The fraction of sp³-hybridized carbons (Fsp3) is 0. The van der Waals surface area contributed by atoms with Gasteiger partial charge in [0.05, 0.1) is 6.21 Å². The number of nitrogens with two attached hydrogens (primary N) is 2. The van der Waals surface area contributed by atoms with Crippen molar-refractivity contribution >= 4 is 28.6 Å². The summed E-state index contributed by atoms with van der Waals surface area (Å²) in [5, 5.41) is 17.0. The maximum atomic E-state index is 5.71. The standard InChI is InChI=1S/C14H12N6O/c15-13(12-14(16)20-21-19-12)18-17-8-10-6-3-5-9-4-1-2-7-11(9)10/h1-8H,(H2,15,18)(H2,16,20)/b17-8-. The van der Waals surface area contributed by atoms with E-state index in [0.717, 1.165) is 16.3 Å². The average Bonchev–Trinajstić information content (AvgIpc) is 2.93. The zero-order chi connectivity index (χ0) is 14.7. The summed E-state index contributed by atoms with van der Waals surface area (Å²) in [6, 6.07) is 13.9. The molecule has 0 bridgehead atoms. The van der Waals surface area contributed by atoms with Gasteiger partial charge in [-0.05, 0) is 21.1 Å². The highest BCUT2D eigenvalue weighted by molar-refractivity contribution is 6.01. The molecule has 2 aromatic carbocycles. The molecule has 7 nitrogen and oxygen atoms in total. The van der Waals surface area contributed by atoms with Crippen LogP contribution in [0.3, 0.4) is 0 Å². The van der Waals surface area contributed by atoms with Crippen LogP contribution in [0.1, 0.15) is 11.3 Å². The van der Waals surface area contributed by atoms with Crippen molar-refractivity contribution in [3.8, 4) is 0 Å². The van der Waals surface area contributed by atoms with Crippen molar-refractivity contribution in [2.45, 2.75) is 0 Å². The molecule has 0 amide bonds. The van der Waals surface area contributed by atoms with E-state index in [-0.39, 0.29) is 17.3 Å². The van der Waals surface area contributed by atoms with Crippen molar-refractivity contribution in [3.63, 3.8) is 0 Å². The van der Waals surface area contributed by atoms with Crippen molar-refractivity contribution in [1.82, 2.24) is 10.3 Å². The summed E-state index contributed by atoms with van der Waals surface area (Å²) in [5.41, 5.74) is 12.4. The Morgan fingerprint density at radius 2 is 1.90 bits per heavy atom. The van der Waals surface area contributed by atoms with Gasteiger partial charge >= 0.3 is 0 Å². The van der Waals surface area contributed by atoms with Crippen LogP contribution in [-0.2, 0) is 0 Å². The van der Waals surface area contributed by atoms with Gasteiger partial charge in [-0.15, -0.1) is 5.10 Å².